The van der Waals surface area contributed by atoms with Crippen molar-refractivity contribution in [3.05, 3.63) is 12.2 Å². The summed E-state index contributed by atoms with van der Waals surface area (Å²) in [4.78, 5) is 10.4. The number of rotatable bonds is 1. The van der Waals surface area contributed by atoms with Crippen LogP contribution in [0.3, 0.4) is 0 Å². The average Bonchev–Trinajstić information content (AvgIpc) is 2.12. The van der Waals surface area contributed by atoms with Crippen LogP contribution in [0.1, 0.15) is 12.8 Å². The quantitative estimate of drug-likeness (QED) is 0.478. The molecular weight excluding hydrogens is 130 g/mol. The van der Waals surface area contributed by atoms with Crippen molar-refractivity contribution in [2.75, 3.05) is 6.54 Å². The van der Waals surface area contributed by atoms with Crippen LogP contribution in [-0.2, 0) is 4.79 Å². The van der Waals surface area contributed by atoms with Crippen molar-refractivity contribution in [1.82, 2.24) is 0 Å². The molecule has 0 saturated heterocycles. The third kappa shape index (κ3) is 1.84. The van der Waals surface area contributed by atoms with Crippen molar-refractivity contribution in [1.29, 1.82) is 0 Å². The van der Waals surface area contributed by atoms with Gasteiger partial charge in [0.25, 0.3) is 0 Å². The van der Waals surface area contributed by atoms with E-state index in [1.165, 1.54) is 0 Å². The Morgan fingerprint density at radius 3 is 3.10 bits per heavy atom. The molecule has 1 atom stereocenters. The topological polar surface area (TPSA) is 53.9 Å². The van der Waals surface area contributed by atoms with Crippen LogP contribution in [0.15, 0.2) is 12.2 Å². The van der Waals surface area contributed by atoms with Crippen molar-refractivity contribution in [3.8, 4) is 0 Å². The highest BCUT2D eigenvalue weighted by Gasteiger charge is 2.19. The molecule has 56 valence electrons. The van der Waals surface area contributed by atoms with E-state index in [4.69, 9.17) is 5.11 Å². The Balaban J connectivity index is 2.45. The van der Waals surface area contributed by atoms with Gasteiger partial charge in [-0.15, -0.1) is 0 Å². The highest BCUT2D eigenvalue weighted by molar-refractivity contribution is 5.71. The minimum atomic E-state index is -0.702. The Morgan fingerprint density at radius 1 is 1.60 bits per heavy atom. The summed E-state index contributed by atoms with van der Waals surface area (Å²) in [6, 6.07) is -0.251. The van der Waals surface area contributed by atoms with E-state index in [0.717, 1.165) is 13.0 Å². The van der Waals surface area contributed by atoms with Crippen LogP contribution in [0.2, 0.25) is 0 Å². The Morgan fingerprint density at radius 2 is 2.40 bits per heavy atom. The van der Waals surface area contributed by atoms with Gasteiger partial charge in [-0.1, -0.05) is 12.2 Å². The molecule has 3 heteroatoms. The minimum absolute atomic E-state index is 0.251. The second-order valence-corrected chi connectivity index (χ2v) is 2.46. The number of nitrogens with two attached hydrogens (primary N) is 1. The monoisotopic (exact) mass is 142 g/mol. The SMILES string of the molecule is O=C(O)[C@@H]1CC=CCC[NH2+]1. The van der Waals surface area contributed by atoms with E-state index in [0.29, 0.717) is 6.42 Å². The highest BCUT2D eigenvalue weighted by Crippen LogP contribution is 1.93. The summed E-state index contributed by atoms with van der Waals surface area (Å²) in [6.45, 7) is 0.896. The molecule has 0 amide bonds. The number of carboxylic acids is 1. The predicted molar refractivity (Wildman–Crippen MR) is 36.6 cm³/mol. The molecule has 0 bridgehead atoms. The van der Waals surface area contributed by atoms with Crippen molar-refractivity contribution in [2.45, 2.75) is 18.9 Å². The fourth-order valence-corrected chi connectivity index (χ4v) is 1.05. The van der Waals surface area contributed by atoms with E-state index < -0.39 is 5.97 Å². The summed E-state index contributed by atoms with van der Waals surface area (Å²) in [5.74, 6) is -0.702. The molecule has 0 spiro atoms. The van der Waals surface area contributed by atoms with E-state index in [-0.39, 0.29) is 6.04 Å². The predicted octanol–water partition coefficient (Wildman–Crippen LogP) is -0.647. The Kier molecular flexibility index (Phi) is 2.45. The summed E-state index contributed by atoms with van der Waals surface area (Å²) in [5, 5.41) is 10.5. The molecule has 3 N–H and O–H groups in total. The van der Waals surface area contributed by atoms with Gasteiger partial charge in [-0.3, -0.25) is 0 Å². The lowest BCUT2D eigenvalue weighted by Gasteiger charge is -2.04. The Labute approximate surface area is 59.7 Å². The zero-order valence-electron chi connectivity index (χ0n) is 5.79. The van der Waals surface area contributed by atoms with E-state index >= 15 is 0 Å². The molecule has 0 aromatic heterocycles. The van der Waals surface area contributed by atoms with Gasteiger partial charge in [-0.25, -0.2) is 4.79 Å². The Bertz CT molecular complexity index is 154. The van der Waals surface area contributed by atoms with Gasteiger partial charge in [0.1, 0.15) is 0 Å². The van der Waals surface area contributed by atoms with Gasteiger partial charge in [0.2, 0.25) is 0 Å². The molecule has 3 nitrogen and oxygen atoms in total. The first-order valence-electron chi connectivity index (χ1n) is 3.52. The first kappa shape index (κ1) is 7.28. The molecule has 1 aliphatic rings. The zero-order chi connectivity index (χ0) is 7.40. The lowest BCUT2D eigenvalue weighted by Crippen LogP contribution is -2.91. The molecule has 0 unspecified atom stereocenters. The summed E-state index contributed by atoms with van der Waals surface area (Å²) in [5.41, 5.74) is 0. The molecule has 0 aromatic carbocycles. The zero-order valence-corrected chi connectivity index (χ0v) is 5.79. The van der Waals surface area contributed by atoms with Gasteiger partial charge < -0.3 is 10.4 Å². The van der Waals surface area contributed by atoms with Crippen LogP contribution in [0.5, 0.6) is 0 Å². The molecule has 0 fully saturated rings. The van der Waals surface area contributed by atoms with Gasteiger partial charge in [-0.05, 0) is 0 Å². The van der Waals surface area contributed by atoms with Crippen LogP contribution in [0, 0.1) is 0 Å². The van der Waals surface area contributed by atoms with Crippen molar-refractivity contribution >= 4 is 5.97 Å². The first-order chi connectivity index (χ1) is 4.80. The van der Waals surface area contributed by atoms with Crippen molar-refractivity contribution in [2.24, 2.45) is 0 Å². The molecule has 0 aliphatic carbocycles. The number of hydrogen-bond acceptors (Lipinski definition) is 1. The number of hydrogen-bond donors (Lipinski definition) is 2. The number of carboxylic acid groups (broad SMARTS) is 1. The number of aliphatic carboxylic acids is 1. The van der Waals surface area contributed by atoms with E-state index in [1.807, 2.05) is 17.5 Å². The largest absolute Gasteiger partial charge is 0.477 e. The summed E-state index contributed by atoms with van der Waals surface area (Å²) in [6.07, 6.45) is 5.64. The molecule has 1 heterocycles. The fourth-order valence-electron chi connectivity index (χ4n) is 1.05. The number of quaternary nitrogens is 1. The molecule has 1 aliphatic heterocycles. The first-order valence-corrected chi connectivity index (χ1v) is 3.52. The van der Waals surface area contributed by atoms with Crippen LogP contribution < -0.4 is 5.32 Å². The molecule has 0 radical (unpaired) electrons. The summed E-state index contributed by atoms with van der Waals surface area (Å²) >= 11 is 0. The second-order valence-electron chi connectivity index (χ2n) is 2.46. The van der Waals surface area contributed by atoms with E-state index in [2.05, 4.69) is 0 Å². The van der Waals surface area contributed by atoms with Gasteiger partial charge >= 0.3 is 5.97 Å². The van der Waals surface area contributed by atoms with Crippen LogP contribution in [-0.4, -0.2) is 23.7 Å². The van der Waals surface area contributed by atoms with Gasteiger partial charge in [0.05, 0.1) is 6.54 Å². The summed E-state index contributed by atoms with van der Waals surface area (Å²) in [7, 11) is 0. The average molecular weight is 142 g/mol. The maximum absolute atomic E-state index is 10.4. The summed E-state index contributed by atoms with van der Waals surface area (Å²) < 4.78 is 0. The molecule has 1 rings (SSSR count). The van der Waals surface area contributed by atoms with Crippen LogP contribution in [0.25, 0.3) is 0 Å². The highest BCUT2D eigenvalue weighted by atomic mass is 16.4. The molecular formula is C7H12NO2+. The standard InChI is InChI=1S/C7H11NO2/c9-7(10)6-4-2-1-3-5-8-6/h1-2,6,8H,3-5H2,(H,9,10)/p+1/t6-/m0/s1. The van der Waals surface area contributed by atoms with Crippen molar-refractivity contribution in [3.63, 3.8) is 0 Å². The smallest absolute Gasteiger partial charge is 0.362 e. The van der Waals surface area contributed by atoms with E-state index in [9.17, 15) is 4.79 Å². The lowest BCUT2D eigenvalue weighted by atomic mass is 10.2. The normalized spacial score (nSPS) is 25.8. The molecule has 10 heavy (non-hydrogen) atoms. The van der Waals surface area contributed by atoms with Gasteiger partial charge in [0, 0.05) is 12.8 Å². The number of carbonyl (C=O) groups is 1. The second kappa shape index (κ2) is 3.37. The third-order valence-electron chi connectivity index (χ3n) is 1.66. The fraction of sp³-hybridized carbons (Fsp3) is 0.571. The molecule has 0 aromatic rings. The maximum Gasteiger partial charge on any atom is 0.362 e. The van der Waals surface area contributed by atoms with Crippen molar-refractivity contribution < 1.29 is 15.2 Å². The minimum Gasteiger partial charge on any atom is -0.477 e. The van der Waals surface area contributed by atoms with E-state index in [1.54, 1.807) is 0 Å². The molecule has 0 saturated carbocycles. The van der Waals surface area contributed by atoms with Crippen LogP contribution >= 0.6 is 0 Å². The van der Waals surface area contributed by atoms with Crippen LogP contribution in [0.4, 0.5) is 0 Å². The third-order valence-corrected chi connectivity index (χ3v) is 1.66. The van der Waals surface area contributed by atoms with Gasteiger partial charge in [-0.2, -0.15) is 0 Å². The lowest BCUT2D eigenvalue weighted by molar-refractivity contribution is -0.675. The Hall–Kier alpha value is -0.830. The van der Waals surface area contributed by atoms with Gasteiger partial charge in [0.15, 0.2) is 6.04 Å². The maximum atomic E-state index is 10.4.